The van der Waals surface area contributed by atoms with E-state index in [0.29, 0.717) is 11.4 Å². The van der Waals surface area contributed by atoms with Gasteiger partial charge in [-0.05, 0) is 38.6 Å². The highest BCUT2D eigenvalue weighted by atomic mass is 16.5. The van der Waals surface area contributed by atoms with Gasteiger partial charge in [-0.2, -0.15) is 0 Å². The molecule has 1 aliphatic rings. The van der Waals surface area contributed by atoms with Gasteiger partial charge in [-0.3, -0.25) is 4.79 Å². The third kappa shape index (κ3) is 2.32. The maximum atomic E-state index is 11.6. The van der Waals surface area contributed by atoms with Crippen LogP contribution in [0.25, 0.3) is 0 Å². The van der Waals surface area contributed by atoms with Crippen LogP contribution in [-0.4, -0.2) is 25.1 Å². The minimum Gasteiger partial charge on any atom is -0.479 e. The number of hydrogen-bond donors (Lipinski definition) is 3. The van der Waals surface area contributed by atoms with E-state index >= 15 is 0 Å². The van der Waals surface area contributed by atoms with Crippen molar-refractivity contribution in [1.29, 1.82) is 0 Å². The average molecular weight is 249 g/mol. The number of carbonyl (C=O) groups excluding carboxylic acids is 1. The van der Waals surface area contributed by atoms with E-state index in [1.807, 2.05) is 32.2 Å². The molecule has 4 N–H and O–H groups in total. The van der Waals surface area contributed by atoms with E-state index in [-0.39, 0.29) is 18.0 Å². The highest BCUT2D eigenvalue weighted by Crippen LogP contribution is 2.32. The number of rotatable bonds is 3. The molecule has 5 heteroatoms. The second kappa shape index (κ2) is 4.96. The van der Waals surface area contributed by atoms with Crippen LogP contribution in [0.5, 0.6) is 5.75 Å². The second-order valence-electron chi connectivity index (χ2n) is 4.63. The van der Waals surface area contributed by atoms with Gasteiger partial charge in [0.05, 0.1) is 5.69 Å². The number of amides is 1. The number of hydrogen-bond acceptors (Lipinski definition) is 4. The Hall–Kier alpha value is -1.59. The number of fused-ring (bicyclic) bond motifs is 1. The Balaban J connectivity index is 2.32. The Morgan fingerprint density at radius 3 is 2.83 bits per heavy atom. The number of anilines is 1. The van der Waals surface area contributed by atoms with E-state index < -0.39 is 6.10 Å². The lowest BCUT2D eigenvalue weighted by Crippen LogP contribution is -2.36. The predicted octanol–water partition coefficient (Wildman–Crippen LogP) is 1.01. The summed E-state index contributed by atoms with van der Waals surface area (Å²) in [5.41, 5.74) is 7.66. The molecule has 5 nitrogen and oxygen atoms in total. The number of carbonyl (C=O) groups is 1. The van der Waals surface area contributed by atoms with Crippen LogP contribution in [0.1, 0.15) is 25.5 Å². The zero-order valence-corrected chi connectivity index (χ0v) is 10.9. The summed E-state index contributed by atoms with van der Waals surface area (Å²) in [5, 5.41) is 6.00. The summed E-state index contributed by atoms with van der Waals surface area (Å²) in [5.74, 6) is 0.576. The van der Waals surface area contributed by atoms with Crippen LogP contribution in [0.3, 0.4) is 0 Å². The minimum absolute atomic E-state index is 0.0211. The Morgan fingerprint density at radius 1 is 1.50 bits per heavy atom. The van der Waals surface area contributed by atoms with Crippen molar-refractivity contribution in [2.45, 2.75) is 32.0 Å². The highest BCUT2D eigenvalue weighted by molar-refractivity contribution is 5.97. The van der Waals surface area contributed by atoms with Crippen LogP contribution in [0.2, 0.25) is 0 Å². The number of likely N-dealkylation sites (N-methyl/N-ethyl adjacent to an activating group) is 1. The summed E-state index contributed by atoms with van der Waals surface area (Å²) in [6.45, 7) is 3.67. The molecule has 18 heavy (non-hydrogen) atoms. The molecule has 1 aromatic rings. The van der Waals surface area contributed by atoms with Gasteiger partial charge in [0.2, 0.25) is 0 Å². The van der Waals surface area contributed by atoms with Crippen molar-refractivity contribution in [3.63, 3.8) is 0 Å². The van der Waals surface area contributed by atoms with Gasteiger partial charge in [-0.25, -0.2) is 0 Å². The molecule has 0 aliphatic carbocycles. The topological polar surface area (TPSA) is 76.4 Å². The largest absolute Gasteiger partial charge is 0.479 e. The van der Waals surface area contributed by atoms with E-state index in [1.165, 1.54) is 0 Å². The van der Waals surface area contributed by atoms with Crippen LogP contribution in [-0.2, 0) is 4.79 Å². The van der Waals surface area contributed by atoms with Gasteiger partial charge in [0.1, 0.15) is 5.75 Å². The second-order valence-corrected chi connectivity index (χ2v) is 4.63. The van der Waals surface area contributed by atoms with Gasteiger partial charge >= 0.3 is 0 Å². The molecule has 0 radical (unpaired) electrons. The third-order valence-electron chi connectivity index (χ3n) is 3.13. The van der Waals surface area contributed by atoms with Crippen molar-refractivity contribution in [3.05, 3.63) is 23.8 Å². The van der Waals surface area contributed by atoms with Crippen LogP contribution in [0, 0.1) is 0 Å². The molecule has 1 heterocycles. The van der Waals surface area contributed by atoms with Gasteiger partial charge in [0.15, 0.2) is 6.10 Å². The average Bonchev–Trinajstić information content (AvgIpc) is 2.31. The normalized spacial score (nSPS) is 21.6. The Bertz CT molecular complexity index is 460. The van der Waals surface area contributed by atoms with E-state index in [4.69, 9.17) is 10.5 Å². The van der Waals surface area contributed by atoms with Crippen molar-refractivity contribution in [1.82, 2.24) is 5.32 Å². The predicted molar refractivity (Wildman–Crippen MR) is 70.6 cm³/mol. The van der Waals surface area contributed by atoms with Crippen LogP contribution in [0.15, 0.2) is 18.2 Å². The first-order valence-electron chi connectivity index (χ1n) is 6.07. The summed E-state index contributed by atoms with van der Waals surface area (Å²) < 4.78 is 5.51. The summed E-state index contributed by atoms with van der Waals surface area (Å²) in [6.07, 6.45) is -0.447. The Labute approximate surface area is 107 Å². The van der Waals surface area contributed by atoms with Crippen molar-refractivity contribution >= 4 is 11.6 Å². The van der Waals surface area contributed by atoms with Gasteiger partial charge < -0.3 is 21.1 Å². The zero-order valence-electron chi connectivity index (χ0n) is 10.9. The highest BCUT2D eigenvalue weighted by Gasteiger charge is 2.24. The fourth-order valence-electron chi connectivity index (χ4n) is 2.15. The number of nitrogens with one attached hydrogen (secondary N) is 2. The summed E-state index contributed by atoms with van der Waals surface area (Å²) in [7, 11) is 1.87. The van der Waals surface area contributed by atoms with E-state index in [1.54, 1.807) is 6.92 Å². The molecule has 1 amide bonds. The SMILES string of the molecule is CNC(c1ccc2c(c1)NC(=O)C(C)O2)C(C)N. The molecule has 0 aromatic heterocycles. The minimum atomic E-state index is -0.447. The molecule has 98 valence electrons. The fraction of sp³-hybridized carbons (Fsp3) is 0.462. The van der Waals surface area contributed by atoms with Gasteiger partial charge in [0, 0.05) is 12.1 Å². The first-order valence-corrected chi connectivity index (χ1v) is 6.07. The maximum absolute atomic E-state index is 11.6. The quantitative estimate of drug-likeness (QED) is 0.747. The van der Waals surface area contributed by atoms with Crippen molar-refractivity contribution in [3.8, 4) is 5.75 Å². The summed E-state index contributed by atoms with van der Waals surface area (Å²) in [6, 6.07) is 5.77. The van der Waals surface area contributed by atoms with E-state index in [0.717, 1.165) is 5.56 Å². The first-order chi connectivity index (χ1) is 8.52. The standard InChI is InChI=1S/C13H19N3O2/c1-7(14)12(15-3)9-4-5-11-10(6-9)16-13(17)8(2)18-11/h4-8,12,15H,14H2,1-3H3,(H,16,17). The van der Waals surface area contributed by atoms with Crippen LogP contribution < -0.4 is 21.1 Å². The molecule has 3 unspecified atom stereocenters. The lowest BCUT2D eigenvalue weighted by atomic mass is 10.00. The molecule has 3 atom stereocenters. The zero-order chi connectivity index (χ0) is 13.3. The number of ether oxygens (including phenoxy) is 1. The fourth-order valence-corrected chi connectivity index (χ4v) is 2.15. The van der Waals surface area contributed by atoms with Gasteiger partial charge in [-0.15, -0.1) is 0 Å². The van der Waals surface area contributed by atoms with E-state index in [9.17, 15) is 4.79 Å². The van der Waals surface area contributed by atoms with E-state index in [2.05, 4.69) is 10.6 Å². The molecule has 2 rings (SSSR count). The molecule has 0 spiro atoms. The molecular formula is C13H19N3O2. The van der Waals surface area contributed by atoms with Gasteiger partial charge in [0.25, 0.3) is 5.91 Å². The summed E-state index contributed by atoms with van der Waals surface area (Å²) >= 11 is 0. The Morgan fingerprint density at radius 2 is 2.22 bits per heavy atom. The van der Waals surface area contributed by atoms with Crippen LogP contribution in [0.4, 0.5) is 5.69 Å². The smallest absolute Gasteiger partial charge is 0.265 e. The molecule has 0 bridgehead atoms. The monoisotopic (exact) mass is 249 g/mol. The number of benzene rings is 1. The molecule has 1 aromatic carbocycles. The number of nitrogens with two attached hydrogens (primary N) is 1. The van der Waals surface area contributed by atoms with Crippen molar-refractivity contribution < 1.29 is 9.53 Å². The molecule has 0 saturated carbocycles. The third-order valence-corrected chi connectivity index (χ3v) is 3.13. The molecular weight excluding hydrogens is 230 g/mol. The molecule has 0 saturated heterocycles. The lowest BCUT2D eigenvalue weighted by Gasteiger charge is -2.26. The van der Waals surface area contributed by atoms with Crippen molar-refractivity contribution in [2.24, 2.45) is 5.73 Å². The van der Waals surface area contributed by atoms with Crippen LogP contribution >= 0.6 is 0 Å². The molecule has 1 aliphatic heterocycles. The maximum Gasteiger partial charge on any atom is 0.265 e. The van der Waals surface area contributed by atoms with Gasteiger partial charge in [-0.1, -0.05) is 6.07 Å². The van der Waals surface area contributed by atoms with Crippen molar-refractivity contribution in [2.75, 3.05) is 12.4 Å². The lowest BCUT2D eigenvalue weighted by molar-refractivity contribution is -0.122. The molecule has 0 fully saturated rings. The first kappa shape index (κ1) is 12.9. The summed E-state index contributed by atoms with van der Waals surface area (Å²) in [4.78, 5) is 11.6. The Kier molecular flexibility index (Phi) is 3.54.